The minimum atomic E-state index is -0.539. The topological polar surface area (TPSA) is 164 Å². The molecule has 93 heavy (non-hydrogen) atoms. The molecule has 0 saturated carbocycles. The Kier molecular flexibility index (Phi) is 31.5. The van der Waals surface area contributed by atoms with Crippen LogP contribution in [0.1, 0.15) is 174 Å². The summed E-state index contributed by atoms with van der Waals surface area (Å²) in [5.41, 5.74) is 9.39. The van der Waals surface area contributed by atoms with Gasteiger partial charge in [0.15, 0.2) is 11.6 Å². The van der Waals surface area contributed by atoms with Crippen molar-refractivity contribution in [2.45, 2.75) is 160 Å². The second-order valence-corrected chi connectivity index (χ2v) is 27.2. The number of aliphatic hydroxyl groups excluding tert-OH is 1. The summed E-state index contributed by atoms with van der Waals surface area (Å²) in [6.45, 7) is 38.6. The van der Waals surface area contributed by atoms with E-state index in [4.69, 9.17) is 67.5 Å². The SMILES string of the molecule is CCC(=O)c1cc(C)c(Cl)cc1F.CCC(=O)c1cc(C)c(Cl)cc1N1CCN(C(=O)OC(C)(C)C)CC1.CCC(NC(C)=O)c1cc(C)c(Cl)cc1N1CCNCC1.CCC(O)c1cc(C)c(Cl)cc1N1CCN(C(=O)OC(C)(C)C)CC1.Cc1ccc(F)cc1Cl. The molecule has 3 aliphatic rings. The molecule has 512 valence electrons. The fourth-order valence-corrected chi connectivity index (χ4v) is 10.9. The predicted octanol–water partition coefficient (Wildman–Crippen LogP) is 17.3. The van der Waals surface area contributed by atoms with Crippen molar-refractivity contribution in [3.63, 3.8) is 0 Å². The van der Waals surface area contributed by atoms with Crippen molar-refractivity contribution in [2.24, 2.45) is 0 Å². The van der Waals surface area contributed by atoms with Crippen molar-refractivity contribution < 1.29 is 47.3 Å². The minimum absolute atomic E-state index is 0.000661. The maximum atomic E-state index is 13.2. The summed E-state index contributed by atoms with van der Waals surface area (Å²) in [5.74, 6) is -0.921. The van der Waals surface area contributed by atoms with Gasteiger partial charge in [0.05, 0.1) is 17.7 Å². The maximum absolute atomic E-state index is 13.2. The van der Waals surface area contributed by atoms with Gasteiger partial charge in [-0.25, -0.2) is 18.4 Å². The largest absolute Gasteiger partial charge is 0.444 e. The molecule has 15 nitrogen and oxygen atoms in total. The maximum Gasteiger partial charge on any atom is 0.410 e. The first-order valence-corrected chi connectivity index (χ1v) is 33.6. The number of halogens is 7. The average Bonchev–Trinajstić information content (AvgIpc) is 0.840. The minimum Gasteiger partial charge on any atom is -0.444 e. The highest BCUT2D eigenvalue weighted by Gasteiger charge is 2.30. The average molecular weight is 1390 g/mol. The van der Waals surface area contributed by atoms with Gasteiger partial charge in [-0.3, -0.25) is 14.4 Å². The summed E-state index contributed by atoms with van der Waals surface area (Å²) in [6.07, 6.45) is 1.17. The van der Waals surface area contributed by atoms with Crippen molar-refractivity contribution in [3.05, 3.63) is 154 Å². The van der Waals surface area contributed by atoms with E-state index in [-0.39, 0.29) is 47.1 Å². The number of benzene rings is 5. The van der Waals surface area contributed by atoms with E-state index in [2.05, 4.69) is 38.3 Å². The molecule has 5 aromatic carbocycles. The van der Waals surface area contributed by atoms with Crippen LogP contribution < -0.4 is 25.3 Å². The second-order valence-electron chi connectivity index (χ2n) is 25.2. The number of hydrogen-bond acceptors (Lipinski definition) is 12. The van der Waals surface area contributed by atoms with Crippen molar-refractivity contribution >= 4 is 105 Å². The lowest BCUT2D eigenvalue weighted by Crippen LogP contribution is -2.50. The third kappa shape index (κ3) is 24.7. The molecule has 2 unspecified atom stereocenters. The molecule has 0 aromatic heterocycles. The number of carbonyl (C=O) groups excluding carboxylic acids is 5. The van der Waals surface area contributed by atoms with Gasteiger partial charge in [0.1, 0.15) is 22.8 Å². The summed E-state index contributed by atoms with van der Waals surface area (Å²) in [5, 5.41) is 19.7. The van der Waals surface area contributed by atoms with Gasteiger partial charge in [-0.2, -0.15) is 0 Å². The molecule has 3 N–H and O–H groups in total. The fraction of sp³-hybridized carbons (Fsp3) is 0.507. The van der Waals surface area contributed by atoms with Gasteiger partial charge in [-0.1, -0.05) is 97.8 Å². The zero-order valence-corrected chi connectivity index (χ0v) is 60.8. The number of amides is 3. The molecule has 5 aromatic rings. The highest BCUT2D eigenvalue weighted by Crippen LogP contribution is 2.36. The molecule has 0 aliphatic carbocycles. The Bertz CT molecular complexity index is 3360. The van der Waals surface area contributed by atoms with Crippen LogP contribution in [0.25, 0.3) is 0 Å². The van der Waals surface area contributed by atoms with E-state index in [9.17, 15) is 37.9 Å². The van der Waals surface area contributed by atoms with Crippen LogP contribution in [0.5, 0.6) is 0 Å². The molecule has 0 spiro atoms. The van der Waals surface area contributed by atoms with Crippen molar-refractivity contribution in [1.82, 2.24) is 20.4 Å². The van der Waals surface area contributed by atoms with Crippen molar-refractivity contribution in [2.75, 3.05) is 93.2 Å². The van der Waals surface area contributed by atoms with E-state index in [1.807, 2.05) is 113 Å². The Balaban J connectivity index is 0.000000257. The van der Waals surface area contributed by atoms with Gasteiger partial charge in [0.25, 0.3) is 0 Å². The van der Waals surface area contributed by atoms with E-state index in [1.54, 1.807) is 36.6 Å². The molecule has 22 heteroatoms. The lowest BCUT2D eigenvalue weighted by molar-refractivity contribution is -0.119. The predicted molar refractivity (Wildman–Crippen MR) is 377 cm³/mol. The quantitative estimate of drug-likeness (QED) is 0.101. The van der Waals surface area contributed by atoms with Crippen LogP contribution in [0.2, 0.25) is 25.1 Å². The van der Waals surface area contributed by atoms with Crippen LogP contribution in [0.3, 0.4) is 0 Å². The molecular weight excluding hydrogens is 1290 g/mol. The Morgan fingerprint density at radius 2 is 0.903 bits per heavy atom. The first-order valence-electron chi connectivity index (χ1n) is 31.7. The molecule has 3 amide bonds. The number of ether oxygens (including phenoxy) is 2. The van der Waals surface area contributed by atoms with E-state index in [0.717, 1.165) is 93.6 Å². The lowest BCUT2D eigenvalue weighted by atomic mass is 9.98. The summed E-state index contributed by atoms with van der Waals surface area (Å²) in [6, 6.07) is 18.8. The Morgan fingerprint density at radius 1 is 0.516 bits per heavy atom. The number of ketones is 2. The number of nitrogens with zero attached hydrogens (tertiary/aromatic N) is 5. The molecule has 0 bridgehead atoms. The van der Waals surface area contributed by atoms with Crippen LogP contribution in [0.4, 0.5) is 35.4 Å². The number of Topliss-reactive ketones (excluding diaryl/α,β-unsaturated/α-hetero) is 2. The molecule has 3 saturated heterocycles. The Labute approximate surface area is 575 Å². The zero-order valence-electron chi connectivity index (χ0n) is 57.0. The number of piperazine rings is 3. The Morgan fingerprint density at radius 3 is 1.32 bits per heavy atom. The third-order valence-corrected chi connectivity index (χ3v) is 17.5. The molecule has 3 aliphatic heterocycles. The van der Waals surface area contributed by atoms with Crippen molar-refractivity contribution in [3.8, 4) is 0 Å². The van der Waals surface area contributed by atoms with Crippen LogP contribution in [0.15, 0.2) is 66.7 Å². The van der Waals surface area contributed by atoms with E-state index in [1.165, 1.54) is 24.3 Å². The number of aryl methyl sites for hydroxylation is 5. The van der Waals surface area contributed by atoms with Gasteiger partial charge in [0.2, 0.25) is 5.91 Å². The first-order chi connectivity index (χ1) is 43.5. The van der Waals surface area contributed by atoms with Crippen LogP contribution >= 0.6 is 58.0 Å². The number of carbonyl (C=O) groups is 5. The van der Waals surface area contributed by atoms with Crippen LogP contribution in [-0.4, -0.2) is 134 Å². The van der Waals surface area contributed by atoms with Gasteiger partial charge in [-0.05, 0) is 177 Å². The second kappa shape index (κ2) is 36.8. The number of hydrogen-bond donors (Lipinski definition) is 3. The third-order valence-electron chi connectivity index (χ3n) is 15.4. The molecule has 3 heterocycles. The number of nitrogens with one attached hydrogen (secondary N) is 2. The van der Waals surface area contributed by atoms with E-state index in [0.29, 0.717) is 97.3 Å². The standard InChI is InChI=1S/C19H29ClN2O3.C19H27ClN2O3.C16H24ClN3O.C10H10ClFO.C7H6ClF/c2*1-6-17(23)14-11-13(2)15(20)12-16(14)21-7-9-22(10-8-21)18(24)25-19(3,4)5;1-4-15(19-12(3)21)13-9-11(2)14(17)10-16(13)20-7-5-18-6-8-20;1-3-10(13)7-4-6(2)8(11)5-9(7)12;1-5-2-3-6(9)4-7(5)8/h11-12,17,23H,6-10H2,1-5H3;11-12H,6-10H2,1-5H3;9-10,15,18H,4-8H2,1-3H3,(H,19,21);4-5H,3H2,1-2H3;2-4H,1H3. The first kappa shape index (κ1) is 79.5. The fourth-order valence-electron chi connectivity index (χ4n) is 10.1. The molecule has 8 rings (SSSR count). The molecule has 0 radical (unpaired) electrons. The van der Waals surface area contributed by atoms with Crippen LogP contribution in [-0.2, 0) is 14.3 Å². The monoisotopic (exact) mass is 1390 g/mol. The van der Waals surface area contributed by atoms with Gasteiger partial charge < -0.3 is 49.7 Å². The van der Waals surface area contributed by atoms with E-state index >= 15 is 0 Å². The number of anilines is 3. The molecular formula is C71H96Cl5F2N7O8. The van der Waals surface area contributed by atoms with Gasteiger partial charge in [0, 0.05) is 152 Å². The molecule has 2 atom stereocenters. The zero-order chi connectivity index (χ0) is 69.8. The summed E-state index contributed by atoms with van der Waals surface area (Å²) < 4.78 is 36.3. The van der Waals surface area contributed by atoms with Gasteiger partial charge in [-0.15, -0.1) is 0 Å². The van der Waals surface area contributed by atoms with Crippen LogP contribution in [0, 0.1) is 46.3 Å². The van der Waals surface area contributed by atoms with Crippen molar-refractivity contribution in [1.29, 1.82) is 0 Å². The number of rotatable bonds is 12. The smallest absolute Gasteiger partial charge is 0.410 e. The summed E-state index contributed by atoms with van der Waals surface area (Å²) >= 11 is 30.2. The highest BCUT2D eigenvalue weighted by atomic mass is 35.5. The Hall–Kier alpha value is -5.92. The summed E-state index contributed by atoms with van der Waals surface area (Å²) in [7, 11) is 0. The highest BCUT2D eigenvalue weighted by molar-refractivity contribution is 6.33. The number of aliphatic hydroxyl groups is 1. The summed E-state index contributed by atoms with van der Waals surface area (Å²) in [4.78, 5) is 69.5. The van der Waals surface area contributed by atoms with E-state index < -0.39 is 23.1 Å². The van der Waals surface area contributed by atoms with Gasteiger partial charge >= 0.3 is 12.2 Å². The molecule has 3 fully saturated rings. The lowest BCUT2D eigenvalue weighted by Gasteiger charge is -2.38. The normalized spacial score (nSPS) is 14.7.